The van der Waals surface area contributed by atoms with E-state index in [9.17, 15) is 14.7 Å². The molecule has 2 fully saturated rings. The number of hydrogen-bond donors (Lipinski definition) is 1. The second kappa shape index (κ2) is 10.5. The number of aliphatic hydroxyl groups is 1. The predicted molar refractivity (Wildman–Crippen MR) is 136 cm³/mol. The maximum absolute atomic E-state index is 13.5. The second-order valence-electron chi connectivity index (χ2n) is 9.58. The molecule has 6 heteroatoms. The number of methoxy groups -OCH3 is 1. The van der Waals surface area contributed by atoms with Crippen molar-refractivity contribution in [3.05, 3.63) is 64.7 Å². The van der Waals surface area contributed by atoms with Crippen LogP contribution in [0.25, 0.3) is 5.76 Å². The third kappa shape index (κ3) is 4.66. The van der Waals surface area contributed by atoms with E-state index in [1.807, 2.05) is 43.3 Å². The van der Waals surface area contributed by atoms with Gasteiger partial charge in [-0.3, -0.25) is 9.59 Å². The molecule has 186 valence electrons. The van der Waals surface area contributed by atoms with Crippen LogP contribution in [0.2, 0.25) is 0 Å². The van der Waals surface area contributed by atoms with Crippen LogP contribution >= 0.6 is 0 Å². The lowest BCUT2D eigenvalue weighted by Gasteiger charge is -2.35. The quantitative estimate of drug-likeness (QED) is 0.302. The number of benzene rings is 2. The van der Waals surface area contributed by atoms with E-state index in [1.54, 1.807) is 18.1 Å². The summed E-state index contributed by atoms with van der Waals surface area (Å²) in [6, 6.07) is 12.1. The Bertz CT molecular complexity index is 1130. The lowest BCUT2D eigenvalue weighted by atomic mass is 9.90. The highest BCUT2D eigenvalue weighted by Gasteiger charge is 2.49. The summed E-state index contributed by atoms with van der Waals surface area (Å²) in [5.41, 5.74) is 2.25. The predicted octanol–water partition coefficient (Wildman–Crippen LogP) is 5.97. The van der Waals surface area contributed by atoms with Crippen LogP contribution < -0.4 is 9.47 Å². The molecule has 1 heterocycles. The number of aliphatic hydroxyl groups excluding tert-OH is 1. The van der Waals surface area contributed by atoms with Gasteiger partial charge in [-0.2, -0.15) is 0 Å². The summed E-state index contributed by atoms with van der Waals surface area (Å²) in [7, 11) is 1.58. The van der Waals surface area contributed by atoms with Crippen LogP contribution in [0.1, 0.15) is 81.5 Å². The zero-order chi connectivity index (χ0) is 25.1. The third-order valence-corrected chi connectivity index (χ3v) is 7.09. The number of nitrogens with zero attached hydrogens (tertiary/aromatic N) is 1. The van der Waals surface area contributed by atoms with E-state index in [4.69, 9.17) is 9.47 Å². The Balaban J connectivity index is 1.90. The van der Waals surface area contributed by atoms with Gasteiger partial charge in [-0.1, -0.05) is 51.3 Å². The van der Waals surface area contributed by atoms with Crippen LogP contribution in [0.5, 0.6) is 11.5 Å². The Hall–Kier alpha value is -3.28. The Morgan fingerprint density at radius 3 is 2.43 bits per heavy atom. The summed E-state index contributed by atoms with van der Waals surface area (Å²) in [6.45, 7) is 6.57. The van der Waals surface area contributed by atoms with Gasteiger partial charge in [0.15, 0.2) is 0 Å². The number of carbonyl (C=O) groups excluding carboxylic acids is 2. The molecule has 1 atom stereocenters. The topological polar surface area (TPSA) is 76.1 Å². The minimum absolute atomic E-state index is 0.0491. The smallest absolute Gasteiger partial charge is 0.295 e. The summed E-state index contributed by atoms with van der Waals surface area (Å²) < 4.78 is 11.4. The fraction of sp³-hybridized carbons (Fsp3) is 0.448. The van der Waals surface area contributed by atoms with Gasteiger partial charge in [0.2, 0.25) is 0 Å². The number of Topliss-reactive ketones (excluding diaryl/α,β-unsaturated/α-hetero) is 1. The molecule has 6 nitrogen and oxygen atoms in total. The fourth-order valence-electron chi connectivity index (χ4n) is 5.37. The molecule has 0 aromatic heterocycles. The van der Waals surface area contributed by atoms with E-state index in [2.05, 4.69) is 13.8 Å². The summed E-state index contributed by atoms with van der Waals surface area (Å²) in [5.74, 6) is 0.124. The van der Waals surface area contributed by atoms with Crippen molar-refractivity contribution < 1.29 is 24.2 Å². The van der Waals surface area contributed by atoms with Gasteiger partial charge in [-0.25, -0.2) is 0 Å². The molecule has 0 spiro atoms. The Morgan fingerprint density at radius 1 is 1.06 bits per heavy atom. The molecule has 0 bridgehead atoms. The standard InChI is InChI=1S/C29H35NO5/c1-5-35-24-16-15-19(17-22(24)18(2)3)27(31)25-26(21-13-9-10-14-23(21)34-4)30(29(33)28(25)32)20-11-7-6-8-12-20/h9-10,13-18,20,26,31H,5-8,11-12H2,1-4H3/b27-25+. The minimum atomic E-state index is -0.705. The van der Waals surface area contributed by atoms with Crippen LogP contribution in [-0.4, -0.2) is 41.5 Å². The molecule has 2 aromatic rings. The first-order valence-corrected chi connectivity index (χ1v) is 12.6. The van der Waals surface area contributed by atoms with Crippen molar-refractivity contribution in [2.45, 2.75) is 70.9 Å². The molecule has 0 radical (unpaired) electrons. The monoisotopic (exact) mass is 477 g/mol. The van der Waals surface area contributed by atoms with Crippen molar-refractivity contribution in [2.75, 3.05) is 13.7 Å². The van der Waals surface area contributed by atoms with Gasteiger partial charge >= 0.3 is 0 Å². The number of hydrogen-bond acceptors (Lipinski definition) is 5. The molecular weight excluding hydrogens is 442 g/mol. The number of para-hydroxylation sites is 1. The first kappa shape index (κ1) is 24.8. The molecule has 1 aliphatic carbocycles. The van der Waals surface area contributed by atoms with E-state index >= 15 is 0 Å². The molecule has 35 heavy (non-hydrogen) atoms. The van der Waals surface area contributed by atoms with Gasteiger partial charge in [0.25, 0.3) is 11.7 Å². The normalized spacial score (nSPS) is 20.5. The molecule has 2 aliphatic rings. The third-order valence-electron chi connectivity index (χ3n) is 7.09. The molecule has 1 saturated heterocycles. The van der Waals surface area contributed by atoms with Crippen LogP contribution in [0.15, 0.2) is 48.0 Å². The number of amides is 1. The zero-order valence-electron chi connectivity index (χ0n) is 21.0. The van der Waals surface area contributed by atoms with Crippen LogP contribution in [0.3, 0.4) is 0 Å². The van der Waals surface area contributed by atoms with Gasteiger partial charge in [-0.15, -0.1) is 0 Å². The highest BCUT2D eigenvalue weighted by atomic mass is 16.5. The van der Waals surface area contributed by atoms with E-state index < -0.39 is 17.7 Å². The Labute approximate surface area is 207 Å². The number of ether oxygens (including phenoxy) is 2. The van der Waals surface area contributed by atoms with Crippen molar-refractivity contribution in [3.63, 3.8) is 0 Å². The number of likely N-dealkylation sites (tertiary alicyclic amines) is 1. The van der Waals surface area contributed by atoms with E-state index in [-0.39, 0.29) is 23.3 Å². The van der Waals surface area contributed by atoms with Gasteiger partial charge in [0.05, 0.1) is 25.3 Å². The Morgan fingerprint density at radius 2 is 1.77 bits per heavy atom. The average molecular weight is 478 g/mol. The lowest BCUT2D eigenvalue weighted by Crippen LogP contribution is -2.40. The van der Waals surface area contributed by atoms with Gasteiger partial charge in [0.1, 0.15) is 17.3 Å². The number of carbonyl (C=O) groups is 2. The molecule has 1 unspecified atom stereocenters. The highest BCUT2D eigenvalue weighted by Crippen LogP contribution is 2.46. The van der Waals surface area contributed by atoms with Crippen molar-refractivity contribution in [2.24, 2.45) is 0 Å². The van der Waals surface area contributed by atoms with E-state index in [0.717, 1.165) is 43.4 Å². The molecule has 2 aromatic carbocycles. The minimum Gasteiger partial charge on any atom is -0.507 e. The fourth-order valence-corrected chi connectivity index (χ4v) is 5.37. The van der Waals surface area contributed by atoms with Crippen LogP contribution in [0.4, 0.5) is 0 Å². The maximum Gasteiger partial charge on any atom is 0.295 e. The van der Waals surface area contributed by atoms with Crippen molar-refractivity contribution in [1.29, 1.82) is 0 Å². The summed E-state index contributed by atoms with van der Waals surface area (Å²) in [5, 5.41) is 11.5. The first-order valence-electron chi connectivity index (χ1n) is 12.6. The van der Waals surface area contributed by atoms with Crippen molar-refractivity contribution in [3.8, 4) is 11.5 Å². The molecule has 1 aliphatic heterocycles. The second-order valence-corrected chi connectivity index (χ2v) is 9.58. The molecule has 1 amide bonds. The van der Waals surface area contributed by atoms with Gasteiger partial charge < -0.3 is 19.5 Å². The first-order chi connectivity index (χ1) is 16.9. The zero-order valence-corrected chi connectivity index (χ0v) is 21.0. The van der Waals surface area contributed by atoms with E-state index in [1.165, 1.54) is 0 Å². The lowest BCUT2D eigenvalue weighted by molar-refractivity contribution is -0.141. The van der Waals surface area contributed by atoms with E-state index in [0.29, 0.717) is 23.5 Å². The van der Waals surface area contributed by atoms with Gasteiger partial charge in [0, 0.05) is 17.2 Å². The van der Waals surface area contributed by atoms with Gasteiger partial charge in [-0.05, 0) is 55.5 Å². The number of rotatable bonds is 7. The summed E-state index contributed by atoms with van der Waals surface area (Å²) >= 11 is 0. The maximum atomic E-state index is 13.5. The molecule has 1 N–H and O–H groups in total. The summed E-state index contributed by atoms with van der Waals surface area (Å²) in [4.78, 5) is 28.6. The summed E-state index contributed by atoms with van der Waals surface area (Å²) in [6.07, 6.45) is 4.86. The molecule has 1 saturated carbocycles. The molecule has 4 rings (SSSR count). The number of ketones is 1. The van der Waals surface area contributed by atoms with Crippen molar-refractivity contribution in [1.82, 2.24) is 4.90 Å². The SMILES string of the molecule is CCOc1ccc(/C(O)=C2\C(=O)C(=O)N(C3CCCCC3)C2c2ccccc2OC)cc1C(C)C. The Kier molecular flexibility index (Phi) is 7.48. The van der Waals surface area contributed by atoms with Crippen LogP contribution in [-0.2, 0) is 9.59 Å². The van der Waals surface area contributed by atoms with Crippen LogP contribution in [0, 0.1) is 0 Å². The average Bonchev–Trinajstić information content (AvgIpc) is 3.14. The largest absolute Gasteiger partial charge is 0.507 e. The van der Waals surface area contributed by atoms with Crippen molar-refractivity contribution >= 4 is 17.4 Å². The molecular formula is C29H35NO5. The highest BCUT2D eigenvalue weighted by molar-refractivity contribution is 6.46.